The first-order valence-corrected chi connectivity index (χ1v) is 16.0. The first-order valence-electron chi connectivity index (χ1n) is 16.0. The number of pyridine rings is 1. The van der Waals surface area contributed by atoms with Crippen molar-refractivity contribution in [1.82, 2.24) is 14.9 Å². The molecular formula is C38H41N3O4. The molecule has 1 fully saturated rings. The molecule has 0 aliphatic carbocycles. The summed E-state index contributed by atoms with van der Waals surface area (Å²) in [5.74, 6) is -0.701. The highest BCUT2D eigenvalue weighted by Crippen LogP contribution is 2.35. The van der Waals surface area contributed by atoms with Crippen LogP contribution in [0.3, 0.4) is 0 Å². The highest BCUT2D eigenvalue weighted by Gasteiger charge is 2.31. The van der Waals surface area contributed by atoms with Crippen LogP contribution in [0.5, 0.6) is 0 Å². The van der Waals surface area contributed by atoms with Crippen molar-refractivity contribution in [2.24, 2.45) is 5.92 Å². The number of aliphatic carboxylic acids is 1. The van der Waals surface area contributed by atoms with Crippen LogP contribution in [0.25, 0.3) is 21.9 Å². The minimum atomic E-state index is -0.770. The van der Waals surface area contributed by atoms with Crippen molar-refractivity contribution in [2.75, 3.05) is 13.2 Å². The predicted molar refractivity (Wildman–Crippen MR) is 177 cm³/mol. The maximum Gasteiger partial charge on any atom is 0.303 e. The highest BCUT2D eigenvalue weighted by molar-refractivity contribution is 6.08. The SMILES string of the molecule is Cc1nc2c(c(C)c1CCCC(=O)O)c1ccccc1n2Cc1ccc(C(C(=O)NCc2ccccc2)C2CCOCC2)cc1. The summed E-state index contributed by atoms with van der Waals surface area (Å²) in [6.45, 7) is 6.70. The van der Waals surface area contributed by atoms with E-state index in [1.807, 2.05) is 37.3 Å². The van der Waals surface area contributed by atoms with Crippen LogP contribution in [0.1, 0.15) is 65.1 Å². The Labute approximate surface area is 264 Å². The van der Waals surface area contributed by atoms with Gasteiger partial charge in [0.05, 0.1) is 11.4 Å². The fraction of sp³-hybridized carbons (Fsp3) is 0.342. The van der Waals surface area contributed by atoms with Gasteiger partial charge in [-0.2, -0.15) is 0 Å². The molecule has 0 bridgehead atoms. The van der Waals surface area contributed by atoms with Gasteiger partial charge >= 0.3 is 5.97 Å². The summed E-state index contributed by atoms with van der Waals surface area (Å²) in [5.41, 5.74) is 8.59. The highest BCUT2D eigenvalue weighted by atomic mass is 16.5. The second-order valence-corrected chi connectivity index (χ2v) is 12.2. The van der Waals surface area contributed by atoms with E-state index in [4.69, 9.17) is 14.8 Å². The van der Waals surface area contributed by atoms with Crippen LogP contribution in [-0.2, 0) is 33.8 Å². The Hall–Kier alpha value is -4.49. The van der Waals surface area contributed by atoms with E-state index in [1.54, 1.807) is 0 Å². The fourth-order valence-electron chi connectivity index (χ4n) is 6.96. The summed E-state index contributed by atoms with van der Waals surface area (Å²) in [5, 5.41) is 14.6. The van der Waals surface area contributed by atoms with Gasteiger partial charge in [0.2, 0.25) is 5.91 Å². The van der Waals surface area contributed by atoms with Crippen molar-refractivity contribution in [1.29, 1.82) is 0 Å². The van der Waals surface area contributed by atoms with Crippen molar-refractivity contribution in [3.63, 3.8) is 0 Å². The molecule has 6 rings (SSSR count). The largest absolute Gasteiger partial charge is 0.481 e. The molecule has 2 aromatic heterocycles. The van der Waals surface area contributed by atoms with Gasteiger partial charge in [-0.1, -0.05) is 72.8 Å². The number of carbonyl (C=O) groups is 2. The minimum absolute atomic E-state index is 0.0650. The van der Waals surface area contributed by atoms with Crippen molar-refractivity contribution in [3.05, 3.63) is 112 Å². The van der Waals surface area contributed by atoms with Gasteiger partial charge in [0.25, 0.3) is 0 Å². The molecule has 232 valence electrons. The molecule has 1 aliphatic rings. The zero-order valence-electron chi connectivity index (χ0n) is 26.1. The third kappa shape index (κ3) is 6.64. The number of carboxylic acid groups (broad SMARTS) is 1. The Morgan fingerprint density at radius 1 is 0.956 bits per heavy atom. The van der Waals surface area contributed by atoms with E-state index in [-0.39, 0.29) is 24.2 Å². The molecule has 1 aliphatic heterocycles. The quantitative estimate of drug-likeness (QED) is 0.168. The van der Waals surface area contributed by atoms with Crippen molar-refractivity contribution in [3.8, 4) is 0 Å². The average Bonchev–Trinajstić information content (AvgIpc) is 3.36. The van der Waals surface area contributed by atoms with Crippen LogP contribution >= 0.6 is 0 Å². The number of aromatic nitrogens is 2. The Kier molecular flexibility index (Phi) is 9.26. The van der Waals surface area contributed by atoms with Gasteiger partial charge in [0.15, 0.2) is 0 Å². The maximum atomic E-state index is 13.6. The number of rotatable bonds is 11. The van der Waals surface area contributed by atoms with E-state index < -0.39 is 5.97 Å². The van der Waals surface area contributed by atoms with Gasteiger partial charge in [-0.3, -0.25) is 9.59 Å². The Morgan fingerprint density at radius 3 is 2.40 bits per heavy atom. The number of carbonyl (C=O) groups excluding carboxylic acids is 1. The summed E-state index contributed by atoms with van der Waals surface area (Å²) in [7, 11) is 0. The standard InChI is InChI=1S/C38H41N3O4/c1-25-31(12-8-14-34(42)43)26(2)40-37-35(25)32-11-6-7-13-33(32)41(37)24-28-15-17-29(18-16-28)36(30-19-21-45-22-20-30)38(44)39-23-27-9-4-3-5-10-27/h3-7,9-11,13,15-18,30,36H,8,12,14,19-24H2,1-2H3,(H,39,44)(H,42,43). The molecule has 0 spiro atoms. The number of hydrogen-bond acceptors (Lipinski definition) is 4. The lowest BCUT2D eigenvalue weighted by Gasteiger charge is -2.30. The minimum Gasteiger partial charge on any atom is -0.481 e. The summed E-state index contributed by atoms with van der Waals surface area (Å²) >= 11 is 0. The van der Waals surface area contributed by atoms with Crippen LogP contribution in [0.15, 0.2) is 78.9 Å². The van der Waals surface area contributed by atoms with Gasteiger partial charge in [-0.25, -0.2) is 4.98 Å². The molecule has 7 heteroatoms. The third-order valence-electron chi connectivity index (χ3n) is 9.31. The summed E-state index contributed by atoms with van der Waals surface area (Å²) < 4.78 is 7.91. The van der Waals surface area contributed by atoms with Gasteiger partial charge in [-0.15, -0.1) is 0 Å². The fourth-order valence-corrected chi connectivity index (χ4v) is 6.96. The molecule has 7 nitrogen and oxygen atoms in total. The number of aryl methyl sites for hydroxylation is 2. The third-order valence-corrected chi connectivity index (χ3v) is 9.31. The number of amides is 1. The van der Waals surface area contributed by atoms with Gasteiger partial charge in [0, 0.05) is 49.2 Å². The molecule has 1 unspecified atom stereocenters. The monoisotopic (exact) mass is 603 g/mol. The normalized spacial score (nSPS) is 14.5. The van der Waals surface area contributed by atoms with E-state index in [9.17, 15) is 9.59 Å². The summed E-state index contributed by atoms with van der Waals surface area (Å²) in [6, 6.07) is 27.0. The van der Waals surface area contributed by atoms with Crippen molar-refractivity contribution < 1.29 is 19.4 Å². The molecule has 0 saturated carbocycles. The average molecular weight is 604 g/mol. The van der Waals surface area contributed by atoms with Gasteiger partial charge in [0.1, 0.15) is 5.65 Å². The topological polar surface area (TPSA) is 93.5 Å². The molecule has 5 aromatic rings. The molecule has 2 N–H and O–H groups in total. The molecule has 1 amide bonds. The van der Waals surface area contributed by atoms with Crippen LogP contribution in [0.2, 0.25) is 0 Å². The first-order chi connectivity index (χ1) is 21.9. The van der Waals surface area contributed by atoms with E-state index in [0.29, 0.717) is 39.1 Å². The van der Waals surface area contributed by atoms with E-state index in [1.165, 1.54) is 5.56 Å². The number of nitrogens with zero attached hydrogens (tertiary/aromatic N) is 2. The zero-order chi connectivity index (χ0) is 31.3. The Bertz CT molecular complexity index is 1800. The number of nitrogens with one attached hydrogen (secondary N) is 1. The van der Waals surface area contributed by atoms with Crippen molar-refractivity contribution in [2.45, 2.75) is 65.0 Å². The first kappa shape index (κ1) is 30.5. The lowest BCUT2D eigenvalue weighted by Crippen LogP contribution is -2.35. The van der Waals surface area contributed by atoms with E-state index >= 15 is 0 Å². The number of fused-ring (bicyclic) bond motifs is 3. The van der Waals surface area contributed by atoms with E-state index in [0.717, 1.165) is 62.7 Å². The lowest BCUT2D eigenvalue weighted by molar-refractivity contribution is -0.137. The van der Waals surface area contributed by atoms with Crippen molar-refractivity contribution >= 4 is 33.8 Å². The van der Waals surface area contributed by atoms with Crippen LogP contribution in [0, 0.1) is 19.8 Å². The Morgan fingerprint density at radius 2 is 1.67 bits per heavy atom. The molecule has 45 heavy (non-hydrogen) atoms. The number of para-hydroxylation sites is 1. The molecule has 1 atom stereocenters. The van der Waals surface area contributed by atoms with Crippen LogP contribution < -0.4 is 5.32 Å². The molecular weight excluding hydrogens is 562 g/mol. The van der Waals surface area contributed by atoms with Gasteiger partial charge in [-0.05, 0) is 79.3 Å². The lowest BCUT2D eigenvalue weighted by atomic mass is 9.80. The zero-order valence-corrected chi connectivity index (χ0v) is 26.1. The molecule has 1 saturated heterocycles. The predicted octanol–water partition coefficient (Wildman–Crippen LogP) is 7.09. The second-order valence-electron chi connectivity index (χ2n) is 12.2. The second kappa shape index (κ2) is 13.7. The van der Waals surface area contributed by atoms with Crippen LogP contribution in [-0.4, -0.2) is 39.7 Å². The Balaban J connectivity index is 1.29. The van der Waals surface area contributed by atoms with E-state index in [2.05, 4.69) is 65.3 Å². The number of hydrogen-bond donors (Lipinski definition) is 2. The molecule has 3 aromatic carbocycles. The maximum absolute atomic E-state index is 13.6. The number of ether oxygens (including phenoxy) is 1. The molecule has 0 radical (unpaired) electrons. The summed E-state index contributed by atoms with van der Waals surface area (Å²) in [4.78, 5) is 29.9. The summed E-state index contributed by atoms with van der Waals surface area (Å²) in [6.07, 6.45) is 3.18. The van der Waals surface area contributed by atoms with Crippen LogP contribution in [0.4, 0.5) is 0 Å². The number of carboxylic acids is 1. The number of benzene rings is 3. The smallest absolute Gasteiger partial charge is 0.303 e. The van der Waals surface area contributed by atoms with Gasteiger partial charge < -0.3 is 19.7 Å². The molecule has 3 heterocycles.